The maximum atomic E-state index is 13.2. The summed E-state index contributed by atoms with van der Waals surface area (Å²) in [6.07, 6.45) is 1.74. The van der Waals surface area contributed by atoms with Gasteiger partial charge in [0.05, 0.1) is 32.2 Å². The van der Waals surface area contributed by atoms with Gasteiger partial charge in [0, 0.05) is 0 Å². The summed E-state index contributed by atoms with van der Waals surface area (Å²) in [7, 11) is -0.675. The van der Waals surface area contributed by atoms with E-state index >= 15 is 0 Å². The summed E-state index contributed by atoms with van der Waals surface area (Å²) in [5, 5.41) is 3.00. The lowest BCUT2D eigenvalue weighted by Crippen LogP contribution is -2.48. The van der Waals surface area contributed by atoms with Crippen LogP contribution in [-0.2, 0) is 14.8 Å². The van der Waals surface area contributed by atoms with Gasteiger partial charge in [-0.05, 0) is 62.1 Å². The summed E-state index contributed by atoms with van der Waals surface area (Å²) in [6.45, 7) is 7.33. The van der Waals surface area contributed by atoms with Gasteiger partial charge >= 0.3 is 0 Å². The van der Waals surface area contributed by atoms with E-state index in [0.717, 1.165) is 33.0 Å². The molecule has 0 aliphatic heterocycles. The molecule has 0 saturated carbocycles. The summed E-state index contributed by atoms with van der Waals surface area (Å²) < 4.78 is 37.1. The van der Waals surface area contributed by atoms with Crippen LogP contribution in [0.15, 0.2) is 36.4 Å². The number of nitrogens with one attached hydrogen (secondary N) is 1. The average molecular weight is 449 g/mol. The fourth-order valence-corrected chi connectivity index (χ4v) is 4.76. The Balaban J connectivity index is 2.37. The molecule has 2 atom stereocenters. The third-order valence-electron chi connectivity index (χ3n) is 5.21. The van der Waals surface area contributed by atoms with Gasteiger partial charge in [-0.3, -0.25) is 9.10 Å². The molecule has 31 heavy (non-hydrogen) atoms. The Morgan fingerprint density at radius 1 is 1.06 bits per heavy atom. The van der Waals surface area contributed by atoms with Crippen LogP contribution in [0, 0.1) is 13.8 Å². The Morgan fingerprint density at radius 3 is 2.19 bits per heavy atom. The highest BCUT2D eigenvalue weighted by Crippen LogP contribution is 2.33. The number of benzene rings is 2. The van der Waals surface area contributed by atoms with Crippen molar-refractivity contribution >= 4 is 21.6 Å². The molecule has 0 spiro atoms. The van der Waals surface area contributed by atoms with Gasteiger partial charge in [0.25, 0.3) is 0 Å². The molecule has 0 aliphatic rings. The van der Waals surface area contributed by atoms with Gasteiger partial charge < -0.3 is 14.8 Å². The van der Waals surface area contributed by atoms with Gasteiger partial charge in [-0.2, -0.15) is 0 Å². The number of ether oxygens (including phenoxy) is 2. The van der Waals surface area contributed by atoms with E-state index in [4.69, 9.17) is 9.47 Å². The summed E-state index contributed by atoms with van der Waals surface area (Å²) in [6, 6.07) is 9.73. The lowest BCUT2D eigenvalue weighted by Gasteiger charge is -2.31. The number of hydrogen-bond donors (Lipinski definition) is 1. The first kappa shape index (κ1) is 24.5. The van der Waals surface area contributed by atoms with Crippen LogP contribution in [-0.4, -0.2) is 40.8 Å². The summed E-state index contributed by atoms with van der Waals surface area (Å²) in [5.41, 5.74) is 3.08. The van der Waals surface area contributed by atoms with Gasteiger partial charge in [0.15, 0.2) is 0 Å². The lowest BCUT2D eigenvalue weighted by atomic mass is 10.0. The van der Waals surface area contributed by atoms with Crippen molar-refractivity contribution in [2.45, 2.75) is 46.2 Å². The van der Waals surface area contributed by atoms with Crippen molar-refractivity contribution < 1.29 is 22.7 Å². The minimum atomic E-state index is -3.76. The van der Waals surface area contributed by atoms with Crippen LogP contribution in [0.1, 0.15) is 43.0 Å². The van der Waals surface area contributed by atoms with Crippen molar-refractivity contribution in [2.24, 2.45) is 0 Å². The van der Waals surface area contributed by atoms with Gasteiger partial charge in [-0.15, -0.1) is 0 Å². The molecule has 0 fully saturated rings. The van der Waals surface area contributed by atoms with Gasteiger partial charge in [-0.1, -0.05) is 25.1 Å². The minimum Gasteiger partial charge on any atom is -0.496 e. The number of methoxy groups -OCH3 is 2. The molecule has 2 unspecified atom stereocenters. The van der Waals surface area contributed by atoms with Crippen molar-refractivity contribution in [3.8, 4) is 11.5 Å². The first-order chi connectivity index (χ1) is 14.5. The predicted molar refractivity (Wildman–Crippen MR) is 123 cm³/mol. The largest absolute Gasteiger partial charge is 0.496 e. The second-order valence-corrected chi connectivity index (χ2v) is 9.47. The number of sulfonamides is 1. The van der Waals surface area contributed by atoms with Crippen LogP contribution < -0.4 is 19.1 Å². The normalized spacial score (nSPS) is 13.3. The molecule has 1 amide bonds. The highest BCUT2D eigenvalue weighted by atomic mass is 32.2. The van der Waals surface area contributed by atoms with Crippen LogP contribution in [0.3, 0.4) is 0 Å². The van der Waals surface area contributed by atoms with Crippen LogP contribution in [0.25, 0.3) is 0 Å². The van der Waals surface area contributed by atoms with E-state index in [1.165, 1.54) is 7.11 Å². The summed E-state index contributed by atoms with van der Waals surface area (Å²) >= 11 is 0. The molecule has 2 rings (SSSR count). The van der Waals surface area contributed by atoms with Crippen LogP contribution in [0.4, 0.5) is 5.69 Å². The second kappa shape index (κ2) is 10.0. The number of aryl methyl sites for hydroxylation is 2. The molecule has 0 radical (unpaired) electrons. The zero-order valence-electron chi connectivity index (χ0n) is 19.2. The molecule has 8 heteroatoms. The number of carbonyl (C=O) groups is 1. The molecule has 0 saturated heterocycles. The maximum Gasteiger partial charge on any atom is 0.244 e. The fraction of sp³-hybridized carbons (Fsp3) is 0.435. The smallest absolute Gasteiger partial charge is 0.244 e. The van der Waals surface area contributed by atoms with E-state index in [1.54, 1.807) is 26.2 Å². The Labute approximate surface area is 185 Å². The topological polar surface area (TPSA) is 84.9 Å². The molecule has 0 aromatic heterocycles. The molecule has 0 heterocycles. The standard InChI is InChI=1S/C23H32N2O5S/c1-8-19(18-10-12-21(29-5)16(3)14-18)24-23(26)17(4)25(31(7,27)28)20-13-15(2)9-11-22(20)30-6/h9-14,17,19H,8H2,1-7H3,(H,24,26). The van der Waals surface area contributed by atoms with Crippen molar-refractivity contribution in [1.29, 1.82) is 0 Å². The third kappa shape index (κ3) is 5.70. The number of nitrogens with zero attached hydrogens (tertiary/aromatic N) is 1. The van der Waals surface area contributed by atoms with E-state index < -0.39 is 22.0 Å². The monoisotopic (exact) mass is 448 g/mol. The van der Waals surface area contributed by atoms with Crippen LogP contribution >= 0.6 is 0 Å². The Kier molecular flexibility index (Phi) is 7.95. The molecule has 7 nitrogen and oxygen atoms in total. The van der Waals surface area contributed by atoms with Gasteiger partial charge in [0.2, 0.25) is 15.9 Å². The van der Waals surface area contributed by atoms with Crippen LogP contribution in [0.5, 0.6) is 11.5 Å². The number of carbonyl (C=O) groups excluding carboxylic acids is 1. The molecule has 0 aliphatic carbocycles. The highest BCUT2D eigenvalue weighted by Gasteiger charge is 2.32. The third-order valence-corrected chi connectivity index (χ3v) is 6.43. The van der Waals surface area contributed by atoms with E-state index in [1.807, 2.05) is 45.0 Å². The first-order valence-corrected chi connectivity index (χ1v) is 12.0. The second-order valence-electron chi connectivity index (χ2n) is 7.61. The first-order valence-electron chi connectivity index (χ1n) is 10.1. The molecular formula is C23H32N2O5S. The zero-order chi connectivity index (χ0) is 23.3. The van der Waals surface area contributed by atoms with Crippen molar-refractivity contribution in [1.82, 2.24) is 5.32 Å². The predicted octanol–water partition coefficient (Wildman–Crippen LogP) is 3.74. The van der Waals surface area contributed by atoms with E-state index in [2.05, 4.69) is 5.32 Å². The number of hydrogen-bond acceptors (Lipinski definition) is 5. The van der Waals surface area contributed by atoms with Gasteiger partial charge in [-0.25, -0.2) is 8.42 Å². The average Bonchev–Trinajstić information content (AvgIpc) is 2.71. The summed E-state index contributed by atoms with van der Waals surface area (Å²) in [4.78, 5) is 13.2. The molecule has 170 valence electrons. The van der Waals surface area contributed by atoms with E-state index in [0.29, 0.717) is 17.9 Å². The highest BCUT2D eigenvalue weighted by molar-refractivity contribution is 7.92. The van der Waals surface area contributed by atoms with Crippen LogP contribution in [0.2, 0.25) is 0 Å². The molecule has 2 aromatic rings. The van der Waals surface area contributed by atoms with Crippen molar-refractivity contribution in [3.05, 3.63) is 53.1 Å². The Morgan fingerprint density at radius 2 is 1.68 bits per heavy atom. The number of rotatable bonds is 9. The molecule has 0 bridgehead atoms. The van der Waals surface area contributed by atoms with E-state index in [9.17, 15) is 13.2 Å². The molecule has 1 N–H and O–H groups in total. The van der Waals surface area contributed by atoms with Crippen molar-refractivity contribution in [3.63, 3.8) is 0 Å². The fourth-order valence-electron chi connectivity index (χ4n) is 3.59. The summed E-state index contributed by atoms with van der Waals surface area (Å²) in [5.74, 6) is 0.760. The Bertz CT molecular complexity index is 1040. The van der Waals surface area contributed by atoms with Crippen molar-refractivity contribution in [2.75, 3.05) is 24.8 Å². The Hall–Kier alpha value is -2.74. The SMILES string of the molecule is CCC(NC(=O)C(C)N(c1cc(C)ccc1OC)S(C)(=O)=O)c1ccc(OC)c(C)c1. The quantitative estimate of drug-likeness (QED) is 0.632. The minimum absolute atomic E-state index is 0.264. The van der Waals surface area contributed by atoms with E-state index in [-0.39, 0.29) is 6.04 Å². The molecule has 2 aromatic carbocycles. The number of anilines is 1. The lowest BCUT2D eigenvalue weighted by molar-refractivity contribution is -0.122. The number of amides is 1. The molecular weight excluding hydrogens is 416 g/mol. The zero-order valence-corrected chi connectivity index (χ0v) is 20.0. The maximum absolute atomic E-state index is 13.2. The van der Waals surface area contributed by atoms with Gasteiger partial charge in [0.1, 0.15) is 17.5 Å².